The molecule has 5 nitrogen and oxygen atoms in total. The first-order chi connectivity index (χ1) is 7.25. The minimum absolute atomic E-state index is 0.297. The summed E-state index contributed by atoms with van der Waals surface area (Å²) >= 11 is 0. The number of nitrogens with two attached hydrogens (primary N) is 1. The molecule has 15 heavy (non-hydrogen) atoms. The highest BCUT2D eigenvalue weighted by Crippen LogP contribution is 2.11. The van der Waals surface area contributed by atoms with Crippen LogP contribution in [-0.4, -0.2) is 30.0 Å². The van der Waals surface area contributed by atoms with Gasteiger partial charge in [0.2, 0.25) is 0 Å². The fourth-order valence-corrected chi connectivity index (χ4v) is 1.67. The Bertz CT molecular complexity index is 360. The van der Waals surface area contributed by atoms with Gasteiger partial charge >= 0.3 is 0 Å². The van der Waals surface area contributed by atoms with E-state index in [4.69, 9.17) is 5.73 Å². The molecule has 1 atom stereocenters. The van der Waals surface area contributed by atoms with Crippen molar-refractivity contribution in [3.63, 3.8) is 0 Å². The van der Waals surface area contributed by atoms with E-state index in [1.807, 2.05) is 6.07 Å². The number of nitrogens with zero attached hydrogens (tertiary/aromatic N) is 1. The number of primary amides is 1. The van der Waals surface area contributed by atoms with E-state index in [9.17, 15) is 4.79 Å². The van der Waals surface area contributed by atoms with Gasteiger partial charge in [-0.3, -0.25) is 9.78 Å². The van der Waals surface area contributed by atoms with E-state index in [2.05, 4.69) is 15.6 Å². The maximum atomic E-state index is 10.9. The Morgan fingerprint density at radius 1 is 1.67 bits per heavy atom. The lowest BCUT2D eigenvalue weighted by molar-refractivity contribution is 0.0995. The molecule has 0 aromatic carbocycles. The summed E-state index contributed by atoms with van der Waals surface area (Å²) in [5, 5.41) is 6.59. The molecule has 80 valence electrons. The smallest absolute Gasteiger partial charge is 0.267 e. The van der Waals surface area contributed by atoms with Gasteiger partial charge in [-0.25, -0.2) is 0 Å². The monoisotopic (exact) mass is 206 g/mol. The molecule has 1 amide bonds. The standard InChI is InChI=1S/C10H14N4O/c11-10(15)9-5-7(2-4-13-9)14-8-1-3-12-6-8/h2,4-5,8,12H,1,3,6H2,(H2,11,15)(H,13,14). The van der Waals surface area contributed by atoms with Crippen LogP contribution in [0.5, 0.6) is 0 Å². The minimum Gasteiger partial charge on any atom is -0.381 e. The number of carbonyl (C=O) groups is 1. The first kappa shape index (κ1) is 9.92. The van der Waals surface area contributed by atoms with Crippen LogP contribution >= 0.6 is 0 Å². The molecule has 1 aliphatic heterocycles. The summed E-state index contributed by atoms with van der Waals surface area (Å²) in [7, 11) is 0. The topological polar surface area (TPSA) is 80.0 Å². The molecule has 5 heteroatoms. The molecule has 1 saturated heterocycles. The number of pyridine rings is 1. The van der Waals surface area contributed by atoms with Gasteiger partial charge in [-0.1, -0.05) is 0 Å². The number of rotatable bonds is 3. The Morgan fingerprint density at radius 2 is 2.53 bits per heavy atom. The van der Waals surface area contributed by atoms with Crippen molar-refractivity contribution in [1.29, 1.82) is 0 Å². The molecule has 1 aromatic rings. The summed E-state index contributed by atoms with van der Waals surface area (Å²) in [6.45, 7) is 1.99. The number of carbonyl (C=O) groups excluding carboxylic acids is 1. The zero-order chi connectivity index (χ0) is 10.7. The Balaban J connectivity index is 2.07. The SMILES string of the molecule is NC(=O)c1cc(NC2CCNC2)ccn1. The Labute approximate surface area is 88.1 Å². The van der Waals surface area contributed by atoms with Crippen molar-refractivity contribution in [2.24, 2.45) is 5.73 Å². The predicted molar refractivity (Wildman–Crippen MR) is 57.7 cm³/mol. The van der Waals surface area contributed by atoms with Crippen LogP contribution in [0.2, 0.25) is 0 Å². The molecule has 1 aliphatic rings. The lowest BCUT2D eigenvalue weighted by atomic mass is 10.2. The van der Waals surface area contributed by atoms with Gasteiger partial charge in [0.05, 0.1) is 0 Å². The molecular weight excluding hydrogens is 192 g/mol. The molecule has 2 rings (SSSR count). The van der Waals surface area contributed by atoms with E-state index >= 15 is 0 Å². The second kappa shape index (κ2) is 4.27. The van der Waals surface area contributed by atoms with Crippen molar-refractivity contribution in [2.45, 2.75) is 12.5 Å². The van der Waals surface area contributed by atoms with Gasteiger partial charge in [0.25, 0.3) is 5.91 Å². The third-order valence-corrected chi connectivity index (χ3v) is 2.44. The van der Waals surface area contributed by atoms with Gasteiger partial charge in [-0.05, 0) is 25.1 Å². The average molecular weight is 206 g/mol. The van der Waals surface area contributed by atoms with Crippen molar-refractivity contribution in [3.8, 4) is 0 Å². The highest BCUT2D eigenvalue weighted by atomic mass is 16.1. The van der Waals surface area contributed by atoms with Crippen LogP contribution in [0.25, 0.3) is 0 Å². The first-order valence-electron chi connectivity index (χ1n) is 4.99. The molecule has 0 saturated carbocycles. The van der Waals surface area contributed by atoms with E-state index < -0.39 is 5.91 Å². The number of amides is 1. The van der Waals surface area contributed by atoms with Gasteiger partial charge in [0.1, 0.15) is 5.69 Å². The third kappa shape index (κ3) is 2.44. The summed E-state index contributed by atoms with van der Waals surface area (Å²) in [6.07, 6.45) is 2.68. The number of hydrogen-bond donors (Lipinski definition) is 3. The van der Waals surface area contributed by atoms with Crippen LogP contribution in [0.15, 0.2) is 18.3 Å². The van der Waals surface area contributed by atoms with Crippen LogP contribution in [0.4, 0.5) is 5.69 Å². The van der Waals surface area contributed by atoms with Crippen LogP contribution in [0, 0.1) is 0 Å². The summed E-state index contributed by atoms with van der Waals surface area (Å²) in [5.74, 6) is -0.497. The summed E-state index contributed by atoms with van der Waals surface area (Å²) in [5.41, 5.74) is 6.34. The minimum atomic E-state index is -0.497. The van der Waals surface area contributed by atoms with Crippen molar-refractivity contribution in [2.75, 3.05) is 18.4 Å². The third-order valence-electron chi connectivity index (χ3n) is 2.44. The highest BCUT2D eigenvalue weighted by Gasteiger charge is 2.14. The van der Waals surface area contributed by atoms with Crippen molar-refractivity contribution in [1.82, 2.24) is 10.3 Å². The van der Waals surface area contributed by atoms with E-state index in [-0.39, 0.29) is 0 Å². The number of aromatic nitrogens is 1. The molecule has 0 radical (unpaired) electrons. The summed E-state index contributed by atoms with van der Waals surface area (Å²) in [4.78, 5) is 14.8. The Hall–Kier alpha value is -1.62. The maximum absolute atomic E-state index is 10.9. The summed E-state index contributed by atoms with van der Waals surface area (Å²) < 4.78 is 0. The lowest BCUT2D eigenvalue weighted by Gasteiger charge is -2.12. The normalized spacial score (nSPS) is 20.1. The second-order valence-electron chi connectivity index (χ2n) is 3.63. The Morgan fingerprint density at radius 3 is 3.20 bits per heavy atom. The first-order valence-corrected chi connectivity index (χ1v) is 4.99. The Kier molecular flexibility index (Phi) is 2.82. The highest BCUT2D eigenvalue weighted by molar-refractivity contribution is 5.91. The number of hydrogen-bond acceptors (Lipinski definition) is 4. The van der Waals surface area contributed by atoms with Crippen molar-refractivity contribution in [3.05, 3.63) is 24.0 Å². The van der Waals surface area contributed by atoms with Gasteiger partial charge in [-0.2, -0.15) is 0 Å². The molecular formula is C10H14N4O. The van der Waals surface area contributed by atoms with Gasteiger partial charge < -0.3 is 16.4 Å². The van der Waals surface area contributed by atoms with Crippen molar-refractivity contribution < 1.29 is 4.79 Å². The van der Waals surface area contributed by atoms with Gasteiger partial charge in [0, 0.05) is 24.5 Å². The van der Waals surface area contributed by atoms with E-state index in [0.29, 0.717) is 11.7 Å². The zero-order valence-corrected chi connectivity index (χ0v) is 8.36. The van der Waals surface area contributed by atoms with Crippen LogP contribution in [-0.2, 0) is 0 Å². The fourth-order valence-electron chi connectivity index (χ4n) is 1.67. The number of nitrogens with one attached hydrogen (secondary N) is 2. The van der Waals surface area contributed by atoms with Crippen LogP contribution < -0.4 is 16.4 Å². The van der Waals surface area contributed by atoms with E-state index in [1.165, 1.54) is 0 Å². The largest absolute Gasteiger partial charge is 0.381 e. The van der Waals surface area contributed by atoms with Gasteiger partial charge in [-0.15, -0.1) is 0 Å². The molecule has 4 N–H and O–H groups in total. The summed E-state index contributed by atoms with van der Waals surface area (Å²) in [6, 6.07) is 3.94. The lowest BCUT2D eigenvalue weighted by Crippen LogP contribution is -2.22. The molecule has 0 aliphatic carbocycles. The van der Waals surface area contributed by atoms with Gasteiger partial charge in [0.15, 0.2) is 0 Å². The van der Waals surface area contributed by atoms with Crippen molar-refractivity contribution >= 4 is 11.6 Å². The fraction of sp³-hybridized carbons (Fsp3) is 0.400. The molecule has 0 bridgehead atoms. The second-order valence-corrected chi connectivity index (χ2v) is 3.63. The quantitative estimate of drug-likeness (QED) is 0.648. The van der Waals surface area contributed by atoms with Crippen LogP contribution in [0.3, 0.4) is 0 Å². The molecule has 1 fully saturated rings. The van der Waals surface area contributed by atoms with Crippen LogP contribution in [0.1, 0.15) is 16.9 Å². The molecule has 0 spiro atoms. The maximum Gasteiger partial charge on any atom is 0.267 e. The zero-order valence-electron chi connectivity index (χ0n) is 8.36. The van der Waals surface area contributed by atoms with E-state index in [0.717, 1.165) is 25.2 Å². The van der Waals surface area contributed by atoms with E-state index in [1.54, 1.807) is 12.3 Å². The average Bonchev–Trinajstić information content (AvgIpc) is 2.71. The molecule has 1 unspecified atom stereocenters. The molecule has 1 aromatic heterocycles. The number of anilines is 1. The predicted octanol–water partition coefficient (Wildman–Crippen LogP) is -0.0457. The molecule has 2 heterocycles.